The molecule has 0 spiro atoms. The van der Waals surface area contributed by atoms with E-state index in [1.165, 1.54) is 0 Å². The SMILES string of the molecule is COCc1cc(C)c2c(N)c(-c3nc4ccccc4[nH]3)sc2n1. The summed E-state index contributed by atoms with van der Waals surface area (Å²) in [5.41, 5.74) is 11.1. The summed E-state index contributed by atoms with van der Waals surface area (Å²) in [4.78, 5) is 14.5. The molecule has 0 saturated carbocycles. The predicted molar refractivity (Wildman–Crippen MR) is 94.6 cm³/mol. The Hall–Kier alpha value is -2.44. The highest BCUT2D eigenvalue weighted by molar-refractivity contribution is 7.22. The van der Waals surface area contributed by atoms with Crippen molar-refractivity contribution in [3.63, 3.8) is 0 Å². The van der Waals surface area contributed by atoms with Crippen LogP contribution >= 0.6 is 11.3 Å². The first-order valence-electron chi connectivity index (χ1n) is 7.30. The van der Waals surface area contributed by atoms with E-state index in [-0.39, 0.29) is 0 Å². The maximum atomic E-state index is 6.40. The Morgan fingerprint density at radius 1 is 1.26 bits per heavy atom. The molecule has 0 bridgehead atoms. The maximum Gasteiger partial charge on any atom is 0.150 e. The highest BCUT2D eigenvalue weighted by atomic mass is 32.1. The quantitative estimate of drug-likeness (QED) is 0.599. The summed E-state index contributed by atoms with van der Waals surface area (Å²) in [6.45, 7) is 2.54. The van der Waals surface area contributed by atoms with Gasteiger partial charge < -0.3 is 15.5 Å². The molecule has 23 heavy (non-hydrogen) atoms. The first-order chi connectivity index (χ1) is 11.2. The van der Waals surface area contributed by atoms with E-state index in [2.05, 4.69) is 21.9 Å². The van der Waals surface area contributed by atoms with Crippen LogP contribution in [0, 0.1) is 6.92 Å². The second-order valence-electron chi connectivity index (χ2n) is 5.49. The minimum atomic E-state index is 0.495. The third-order valence-electron chi connectivity index (χ3n) is 3.85. The molecular weight excluding hydrogens is 308 g/mol. The summed E-state index contributed by atoms with van der Waals surface area (Å²) in [5.74, 6) is 0.791. The van der Waals surface area contributed by atoms with Gasteiger partial charge in [0.25, 0.3) is 0 Å². The minimum absolute atomic E-state index is 0.495. The van der Waals surface area contributed by atoms with E-state index < -0.39 is 0 Å². The van der Waals surface area contributed by atoms with Crippen LogP contribution in [0.1, 0.15) is 11.3 Å². The molecule has 0 atom stereocenters. The molecular formula is C17H16N4OS. The lowest BCUT2D eigenvalue weighted by atomic mass is 10.1. The Kier molecular flexibility index (Phi) is 3.28. The Morgan fingerprint density at radius 2 is 2.09 bits per heavy atom. The van der Waals surface area contributed by atoms with E-state index in [0.717, 1.165) is 48.9 Å². The van der Waals surface area contributed by atoms with Crippen molar-refractivity contribution in [3.8, 4) is 10.7 Å². The molecule has 1 aromatic carbocycles. The van der Waals surface area contributed by atoms with Gasteiger partial charge in [0.1, 0.15) is 4.83 Å². The largest absolute Gasteiger partial charge is 0.397 e. The molecule has 0 amide bonds. The van der Waals surface area contributed by atoms with E-state index in [9.17, 15) is 0 Å². The van der Waals surface area contributed by atoms with Gasteiger partial charge in [-0.25, -0.2) is 9.97 Å². The van der Waals surface area contributed by atoms with E-state index >= 15 is 0 Å². The summed E-state index contributed by atoms with van der Waals surface area (Å²) >= 11 is 1.56. The average Bonchev–Trinajstić information content (AvgIpc) is 3.08. The second kappa shape index (κ2) is 5.33. The number of hydrogen-bond donors (Lipinski definition) is 2. The number of H-pyrrole nitrogens is 1. The van der Waals surface area contributed by atoms with Crippen LogP contribution < -0.4 is 5.73 Å². The number of hydrogen-bond acceptors (Lipinski definition) is 5. The van der Waals surface area contributed by atoms with Crippen molar-refractivity contribution in [2.24, 2.45) is 0 Å². The topological polar surface area (TPSA) is 76.8 Å². The number of fused-ring (bicyclic) bond motifs is 2. The Bertz CT molecular complexity index is 985. The number of nitrogens with zero attached hydrogens (tertiary/aromatic N) is 2. The summed E-state index contributed by atoms with van der Waals surface area (Å²) in [6.07, 6.45) is 0. The van der Waals surface area contributed by atoms with Gasteiger partial charge in [-0.1, -0.05) is 12.1 Å². The van der Waals surface area contributed by atoms with Gasteiger partial charge in [0.15, 0.2) is 5.82 Å². The smallest absolute Gasteiger partial charge is 0.150 e. The van der Waals surface area contributed by atoms with Gasteiger partial charge in [-0.05, 0) is 30.7 Å². The molecule has 4 rings (SSSR count). The maximum absolute atomic E-state index is 6.40. The van der Waals surface area contributed by atoms with Crippen molar-refractivity contribution in [2.75, 3.05) is 12.8 Å². The van der Waals surface area contributed by atoms with Crippen LogP contribution in [-0.2, 0) is 11.3 Å². The van der Waals surface area contributed by atoms with Crippen LogP contribution in [0.25, 0.3) is 32.0 Å². The number of methoxy groups -OCH3 is 1. The summed E-state index contributed by atoms with van der Waals surface area (Å²) in [7, 11) is 1.67. The Labute approximate surface area is 137 Å². The molecule has 4 aromatic rings. The van der Waals surface area contributed by atoms with Crippen LogP contribution in [0.3, 0.4) is 0 Å². The third-order valence-corrected chi connectivity index (χ3v) is 4.95. The number of para-hydroxylation sites is 2. The number of ether oxygens (including phenoxy) is 1. The number of nitrogen functional groups attached to an aromatic ring is 1. The molecule has 3 N–H and O–H groups in total. The molecule has 3 aromatic heterocycles. The fourth-order valence-corrected chi connectivity index (χ4v) is 3.97. The number of aromatic amines is 1. The lowest BCUT2D eigenvalue weighted by Crippen LogP contribution is -1.94. The van der Waals surface area contributed by atoms with Crippen molar-refractivity contribution >= 4 is 38.3 Å². The number of pyridine rings is 1. The van der Waals surface area contributed by atoms with Crippen LogP contribution in [0.15, 0.2) is 30.3 Å². The fraction of sp³-hybridized carbons (Fsp3) is 0.176. The normalized spacial score (nSPS) is 11.6. The van der Waals surface area contributed by atoms with Crippen molar-refractivity contribution in [3.05, 3.63) is 41.6 Å². The van der Waals surface area contributed by atoms with Crippen molar-refractivity contribution < 1.29 is 4.74 Å². The molecule has 5 nitrogen and oxygen atoms in total. The number of benzene rings is 1. The van der Waals surface area contributed by atoms with Gasteiger partial charge in [0.05, 0.1) is 33.9 Å². The van der Waals surface area contributed by atoms with Gasteiger partial charge in [0.2, 0.25) is 0 Å². The zero-order valence-electron chi connectivity index (χ0n) is 12.9. The predicted octanol–water partition coefficient (Wildman–Crippen LogP) is 3.88. The Morgan fingerprint density at radius 3 is 2.87 bits per heavy atom. The molecule has 0 unspecified atom stereocenters. The van der Waals surface area contributed by atoms with Crippen LogP contribution in [0.4, 0.5) is 5.69 Å². The van der Waals surface area contributed by atoms with Crippen molar-refractivity contribution in [1.82, 2.24) is 15.0 Å². The van der Waals surface area contributed by atoms with E-state index in [1.54, 1.807) is 18.4 Å². The van der Waals surface area contributed by atoms with Crippen molar-refractivity contribution in [1.29, 1.82) is 0 Å². The lowest BCUT2D eigenvalue weighted by Gasteiger charge is -2.02. The fourth-order valence-electron chi connectivity index (χ4n) is 2.83. The summed E-state index contributed by atoms with van der Waals surface area (Å²) < 4.78 is 5.19. The number of imidazole rings is 1. The third kappa shape index (κ3) is 2.27. The first kappa shape index (κ1) is 14.2. The van der Waals surface area contributed by atoms with E-state index in [1.807, 2.05) is 30.3 Å². The van der Waals surface area contributed by atoms with Crippen LogP contribution in [0.5, 0.6) is 0 Å². The molecule has 116 valence electrons. The highest BCUT2D eigenvalue weighted by Crippen LogP contribution is 2.40. The number of nitrogens with one attached hydrogen (secondary N) is 1. The summed E-state index contributed by atoms with van der Waals surface area (Å²) in [5, 5.41) is 1.00. The van der Waals surface area contributed by atoms with Crippen LogP contribution in [0.2, 0.25) is 0 Å². The average molecular weight is 324 g/mol. The Balaban J connectivity index is 1.93. The molecule has 0 saturated heterocycles. The van der Waals surface area contributed by atoms with Gasteiger partial charge in [-0.3, -0.25) is 0 Å². The molecule has 3 heterocycles. The number of anilines is 1. The zero-order valence-corrected chi connectivity index (χ0v) is 13.7. The standard InChI is InChI=1S/C17H16N4OS/c1-9-7-10(8-22-2)19-17-13(9)14(18)15(23-17)16-20-11-5-3-4-6-12(11)21-16/h3-7H,8,18H2,1-2H3,(H,20,21). The number of rotatable bonds is 3. The molecule has 0 radical (unpaired) electrons. The summed E-state index contributed by atoms with van der Waals surface area (Å²) in [6, 6.07) is 9.98. The molecule has 0 fully saturated rings. The second-order valence-corrected chi connectivity index (χ2v) is 6.49. The van der Waals surface area contributed by atoms with E-state index in [4.69, 9.17) is 10.5 Å². The number of nitrogens with two attached hydrogens (primary N) is 1. The monoisotopic (exact) mass is 324 g/mol. The van der Waals surface area contributed by atoms with Crippen LogP contribution in [-0.4, -0.2) is 22.1 Å². The van der Waals surface area contributed by atoms with Gasteiger partial charge in [-0.2, -0.15) is 0 Å². The van der Waals surface area contributed by atoms with Gasteiger partial charge in [-0.15, -0.1) is 11.3 Å². The van der Waals surface area contributed by atoms with E-state index in [0.29, 0.717) is 6.61 Å². The minimum Gasteiger partial charge on any atom is -0.397 e. The number of aryl methyl sites for hydroxylation is 1. The molecule has 6 heteroatoms. The highest BCUT2D eigenvalue weighted by Gasteiger charge is 2.17. The zero-order chi connectivity index (χ0) is 16.0. The number of aromatic nitrogens is 3. The molecule has 0 aliphatic carbocycles. The van der Waals surface area contributed by atoms with Gasteiger partial charge in [0, 0.05) is 12.5 Å². The number of thiophene rings is 1. The molecule has 0 aliphatic rings. The molecule has 0 aliphatic heterocycles. The van der Waals surface area contributed by atoms with Gasteiger partial charge >= 0.3 is 0 Å². The van der Waals surface area contributed by atoms with Crippen molar-refractivity contribution in [2.45, 2.75) is 13.5 Å². The first-order valence-corrected chi connectivity index (χ1v) is 8.11. The lowest BCUT2D eigenvalue weighted by molar-refractivity contribution is 0.182.